The summed E-state index contributed by atoms with van der Waals surface area (Å²) in [6, 6.07) is 17.5. The third-order valence-electron chi connectivity index (χ3n) is 6.45. The van der Waals surface area contributed by atoms with Crippen molar-refractivity contribution < 1.29 is 14.3 Å². The van der Waals surface area contributed by atoms with Crippen molar-refractivity contribution in [2.75, 3.05) is 4.90 Å². The zero-order valence-corrected chi connectivity index (χ0v) is 21.1. The van der Waals surface area contributed by atoms with Gasteiger partial charge >= 0.3 is 0 Å². The second kappa shape index (κ2) is 9.74. The van der Waals surface area contributed by atoms with Gasteiger partial charge in [0.25, 0.3) is 0 Å². The highest BCUT2D eigenvalue weighted by molar-refractivity contribution is 6.35. The Kier molecular flexibility index (Phi) is 6.64. The van der Waals surface area contributed by atoms with Crippen LogP contribution < -0.4 is 4.90 Å². The number of aliphatic hydroxyl groups is 1. The van der Waals surface area contributed by atoms with E-state index in [2.05, 4.69) is 0 Å². The molecule has 2 N–H and O–H groups in total. The van der Waals surface area contributed by atoms with Crippen molar-refractivity contribution in [2.24, 2.45) is 0 Å². The summed E-state index contributed by atoms with van der Waals surface area (Å²) in [4.78, 5) is 15.0. The average Bonchev–Trinajstić information content (AvgIpc) is 2.83. The van der Waals surface area contributed by atoms with E-state index in [0.29, 0.717) is 50.4 Å². The number of allylic oxidation sites excluding steroid dienone is 2. The zero-order chi connectivity index (χ0) is 25.6. The fourth-order valence-electron chi connectivity index (χ4n) is 4.93. The molecule has 36 heavy (non-hydrogen) atoms. The highest BCUT2D eigenvalue weighted by atomic mass is 35.5. The number of aliphatic hydroxyl groups excluding tert-OH is 1. The van der Waals surface area contributed by atoms with Gasteiger partial charge in [-0.2, -0.15) is 0 Å². The SMILES string of the molecule is N=C1/C(=C(/O)c2ccc(Cl)cc2)C(c2ccccc2F)C2=C(CCCC2=O)N1c1cc(Cl)cc(Cl)c1. The maximum absolute atomic E-state index is 15.2. The third kappa shape index (κ3) is 4.32. The van der Waals surface area contributed by atoms with Crippen LogP contribution in [-0.2, 0) is 4.79 Å². The Morgan fingerprint density at radius 2 is 1.61 bits per heavy atom. The molecule has 0 radical (unpaired) electrons. The van der Waals surface area contributed by atoms with Crippen LogP contribution in [0.5, 0.6) is 0 Å². The number of anilines is 1. The molecule has 0 saturated heterocycles. The molecule has 0 spiro atoms. The van der Waals surface area contributed by atoms with Gasteiger partial charge in [0.2, 0.25) is 0 Å². The first-order valence-electron chi connectivity index (χ1n) is 11.3. The van der Waals surface area contributed by atoms with Gasteiger partial charge in [0, 0.05) is 55.4 Å². The smallest absolute Gasteiger partial charge is 0.161 e. The molecule has 1 aliphatic carbocycles. The third-order valence-corrected chi connectivity index (χ3v) is 7.14. The molecule has 3 aromatic rings. The predicted octanol–water partition coefficient (Wildman–Crippen LogP) is 8.34. The second-order valence-corrected chi connectivity index (χ2v) is 9.98. The Labute approximate surface area is 222 Å². The molecular formula is C28H20Cl3FN2O2. The topological polar surface area (TPSA) is 64.4 Å². The van der Waals surface area contributed by atoms with Crippen LogP contribution in [-0.4, -0.2) is 16.7 Å². The number of halogens is 4. The number of benzene rings is 3. The molecule has 1 unspecified atom stereocenters. The molecule has 182 valence electrons. The van der Waals surface area contributed by atoms with E-state index in [1.807, 2.05) is 0 Å². The molecule has 5 rings (SSSR count). The molecule has 1 atom stereocenters. The summed E-state index contributed by atoms with van der Waals surface area (Å²) in [5.74, 6) is -1.99. The van der Waals surface area contributed by atoms with Crippen molar-refractivity contribution in [1.29, 1.82) is 5.41 Å². The summed E-state index contributed by atoms with van der Waals surface area (Å²) in [6.07, 6.45) is 1.37. The van der Waals surface area contributed by atoms with Crippen LogP contribution in [0.25, 0.3) is 5.76 Å². The van der Waals surface area contributed by atoms with E-state index in [1.54, 1.807) is 65.6 Å². The number of carbonyl (C=O) groups excluding carboxylic acids is 1. The van der Waals surface area contributed by atoms with E-state index >= 15 is 4.39 Å². The quantitative estimate of drug-likeness (QED) is 0.328. The molecule has 8 heteroatoms. The maximum Gasteiger partial charge on any atom is 0.161 e. The Balaban J connectivity index is 1.86. The lowest BCUT2D eigenvalue weighted by Crippen LogP contribution is -2.42. The van der Waals surface area contributed by atoms with Crippen molar-refractivity contribution in [3.63, 3.8) is 0 Å². The van der Waals surface area contributed by atoms with Crippen molar-refractivity contribution in [2.45, 2.75) is 25.2 Å². The molecule has 0 aromatic heterocycles. The minimum Gasteiger partial charge on any atom is -0.507 e. The molecule has 1 heterocycles. The summed E-state index contributed by atoms with van der Waals surface area (Å²) in [6.45, 7) is 0. The first-order valence-corrected chi connectivity index (χ1v) is 12.4. The highest BCUT2D eigenvalue weighted by Gasteiger charge is 2.44. The summed E-state index contributed by atoms with van der Waals surface area (Å²) in [5.41, 5.74) is 2.12. The summed E-state index contributed by atoms with van der Waals surface area (Å²) < 4.78 is 15.2. The number of hydrogen-bond donors (Lipinski definition) is 2. The number of rotatable bonds is 3. The van der Waals surface area contributed by atoms with Crippen molar-refractivity contribution in [1.82, 2.24) is 0 Å². The number of carbonyl (C=O) groups is 1. The van der Waals surface area contributed by atoms with Crippen LogP contribution in [0.3, 0.4) is 0 Å². The van der Waals surface area contributed by atoms with Crippen LogP contribution in [0.4, 0.5) is 10.1 Å². The van der Waals surface area contributed by atoms with Crippen LogP contribution in [0.2, 0.25) is 15.1 Å². The number of Topliss-reactive ketones (excluding diaryl/α,β-unsaturated/α-hetero) is 1. The number of nitrogens with one attached hydrogen (secondary N) is 1. The maximum atomic E-state index is 15.2. The minimum absolute atomic E-state index is 0.0949. The van der Waals surface area contributed by atoms with E-state index in [9.17, 15) is 15.3 Å². The monoisotopic (exact) mass is 540 g/mol. The fraction of sp³-hybridized carbons (Fsp3) is 0.143. The fourth-order valence-corrected chi connectivity index (χ4v) is 5.57. The van der Waals surface area contributed by atoms with Crippen molar-refractivity contribution in [3.8, 4) is 0 Å². The van der Waals surface area contributed by atoms with Gasteiger partial charge in [0.05, 0.1) is 5.69 Å². The second-order valence-electron chi connectivity index (χ2n) is 8.67. The molecule has 0 amide bonds. The van der Waals surface area contributed by atoms with Crippen LogP contribution in [0.1, 0.15) is 36.3 Å². The Morgan fingerprint density at radius 3 is 2.28 bits per heavy atom. The van der Waals surface area contributed by atoms with E-state index in [0.717, 1.165) is 0 Å². The number of amidine groups is 1. The molecule has 0 saturated carbocycles. The van der Waals surface area contributed by atoms with Crippen LogP contribution in [0, 0.1) is 11.2 Å². The average molecular weight is 542 g/mol. The lowest BCUT2D eigenvalue weighted by molar-refractivity contribution is -0.116. The first-order chi connectivity index (χ1) is 17.3. The van der Waals surface area contributed by atoms with Crippen molar-refractivity contribution >= 4 is 57.9 Å². The molecule has 1 aliphatic heterocycles. The molecule has 4 nitrogen and oxygen atoms in total. The van der Waals surface area contributed by atoms with E-state index in [4.69, 9.17) is 34.8 Å². The van der Waals surface area contributed by atoms with Crippen LogP contribution in [0.15, 0.2) is 83.6 Å². The van der Waals surface area contributed by atoms with Gasteiger partial charge in [-0.05, 0) is 61.4 Å². The lowest BCUT2D eigenvalue weighted by atomic mass is 9.73. The molecule has 0 fully saturated rings. The summed E-state index contributed by atoms with van der Waals surface area (Å²) >= 11 is 18.6. The molecular weight excluding hydrogens is 522 g/mol. The Morgan fingerprint density at radius 1 is 0.944 bits per heavy atom. The number of ketones is 1. The summed E-state index contributed by atoms with van der Waals surface area (Å²) in [5, 5.41) is 22.0. The Hall–Kier alpha value is -3.12. The van der Waals surface area contributed by atoms with Gasteiger partial charge in [-0.3, -0.25) is 15.1 Å². The van der Waals surface area contributed by atoms with Gasteiger partial charge in [-0.1, -0.05) is 53.0 Å². The standard InChI is InChI=1S/C28H20Cl3FN2O2/c29-16-10-8-15(9-11-16)27(36)26-24(20-4-1-2-5-21(20)32)25-22(6-3-7-23(25)35)34(28(26)33)19-13-17(30)12-18(31)14-19/h1-2,4-5,8-14,24,33,36H,3,6-7H2/b27-26+,33-28?. The largest absolute Gasteiger partial charge is 0.507 e. The molecule has 0 bridgehead atoms. The summed E-state index contributed by atoms with van der Waals surface area (Å²) in [7, 11) is 0. The number of nitrogens with zero attached hydrogens (tertiary/aromatic N) is 1. The van der Waals surface area contributed by atoms with E-state index in [1.165, 1.54) is 6.07 Å². The lowest BCUT2D eigenvalue weighted by Gasteiger charge is -2.42. The predicted molar refractivity (Wildman–Crippen MR) is 143 cm³/mol. The molecule has 2 aliphatic rings. The van der Waals surface area contributed by atoms with E-state index in [-0.39, 0.29) is 34.9 Å². The van der Waals surface area contributed by atoms with Crippen molar-refractivity contribution in [3.05, 3.63) is 116 Å². The highest BCUT2D eigenvalue weighted by Crippen LogP contribution is 2.48. The van der Waals surface area contributed by atoms with E-state index < -0.39 is 11.7 Å². The van der Waals surface area contributed by atoms with Gasteiger partial charge in [0.1, 0.15) is 17.4 Å². The minimum atomic E-state index is -0.969. The van der Waals surface area contributed by atoms with Gasteiger partial charge in [-0.25, -0.2) is 4.39 Å². The van der Waals surface area contributed by atoms with Gasteiger partial charge in [0.15, 0.2) is 5.78 Å². The first kappa shape index (κ1) is 24.6. The van der Waals surface area contributed by atoms with Gasteiger partial charge < -0.3 is 5.11 Å². The van der Waals surface area contributed by atoms with Crippen LogP contribution >= 0.6 is 34.8 Å². The normalized spacial score (nSPS) is 19.4. The molecule has 3 aromatic carbocycles. The van der Waals surface area contributed by atoms with Gasteiger partial charge in [-0.15, -0.1) is 0 Å². The zero-order valence-electron chi connectivity index (χ0n) is 18.9. The number of hydrogen-bond acceptors (Lipinski definition) is 3. The Bertz CT molecular complexity index is 1440.